The fraction of sp³-hybridized carbons (Fsp3) is 0.357. The second-order valence-corrected chi connectivity index (χ2v) is 5.44. The van der Waals surface area contributed by atoms with Gasteiger partial charge >= 0.3 is 6.03 Å². The van der Waals surface area contributed by atoms with E-state index in [1.165, 1.54) is 0 Å². The molecule has 1 aromatic rings. The van der Waals surface area contributed by atoms with Gasteiger partial charge in [-0.15, -0.1) is 0 Å². The molecule has 4 nitrogen and oxygen atoms in total. The first kappa shape index (κ1) is 15.4. The molecule has 19 heavy (non-hydrogen) atoms. The molecule has 0 aliphatic carbocycles. The predicted octanol–water partition coefficient (Wildman–Crippen LogP) is 2.57. The zero-order chi connectivity index (χ0) is 14.5. The summed E-state index contributed by atoms with van der Waals surface area (Å²) in [6.45, 7) is 5.99. The molecule has 0 aliphatic rings. The summed E-state index contributed by atoms with van der Waals surface area (Å²) in [7, 11) is 0. The Bertz CT molecular complexity index is 524. The minimum absolute atomic E-state index is 0.288. The molecule has 1 rings (SSSR count). The van der Waals surface area contributed by atoms with E-state index in [1.807, 2.05) is 20.8 Å². The van der Waals surface area contributed by atoms with Crippen molar-refractivity contribution in [1.82, 2.24) is 5.32 Å². The number of carbonyl (C=O) groups is 1. The van der Waals surface area contributed by atoms with Crippen LogP contribution in [0.25, 0.3) is 0 Å². The van der Waals surface area contributed by atoms with E-state index in [0.717, 1.165) is 5.56 Å². The topological polar surface area (TPSA) is 67.2 Å². The molecule has 2 amide bonds. The number of urea groups is 1. The van der Waals surface area contributed by atoms with E-state index in [1.54, 1.807) is 18.2 Å². The molecule has 102 valence electrons. The lowest BCUT2D eigenvalue weighted by Crippen LogP contribution is -2.43. The summed E-state index contributed by atoms with van der Waals surface area (Å²) in [5.41, 5.74) is 6.27. The van der Waals surface area contributed by atoms with Crippen LogP contribution in [0.15, 0.2) is 18.2 Å². The van der Waals surface area contributed by atoms with Gasteiger partial charge < -0.3 is 16.4 Å². The highest BCUT2D eigenvalue weighted by Gasteiger charge is 2.14. The molecule has 5 heteroatoms. The number of hydrogen-bond acceptors (Lipinski definition) is 2. The highest BCUT2D eigenvalue weighted by atomic mass is 35.5. The average Bonchev–Trinajstić information content (AvgIpc) is 2.27. The average molecular weight is 280 g/mol. The van der Waals surface area contributed by atoms with Gasteiger partial charge in [-0.05, 0) is 39.0 Å². The van der Waals surface area contributed by atoms with Crippen molar-refractivity contribution in [1.29, 1.82) is 0 Å². The number of benzene rings is 1. The lowest BCUT2D eigenvalue weighted by atomic mass is 10.1. The van der Waals surface area contributed by atoms with Gasteiger partial charge in [-0.3, -0.25) is 0 Å². The first-order valence-electron chi connectivity index (χ1n) is 5.89. The summed E-state index contributed by atoms with van der Waals surface area (Å²) in [5.74, 6) is 5.64. The minimum Gasteiger partial charge on any atom is -0.333 e. The Morgan fingerprint density at radius 1 is 1.42 bits per heavy atom. The Morgan fingerprint density at radius 3 is 2.68 bits per heavy atom. The van der Waals surface area contributed by atoms with Crippen molar-refractivity contribution in [2.24, 2.45) is 5.73 Å². The molecule has 0 heterocycles. The lowest BCUT2D eigenvalue weighted by molar-refractivity contribution is 0.244. The van der Waals surface area contributed by atoms with Crippen LogP contribution >= 0.6 is 11.6 Å². The normalized spacial score (nSPS) is 10.4. The Morgan fingerprint density at radius 2 is 2.11 bits per heavy atom. The van der Waals surface area contributed by atoms with Gasteiger partial charge in [-0.1, -0.05) is 23.4 Å². The second kappa shape index (κ2) is 6.46. The molecule has 0 aromatic heterocycles. The first-order chi connectivity index (χ1) is 8.81. The minimum atomic E-state index is -0.312. The molecule has 0 atom stereocenters. The molecule has 0 saturated heterocycles. The van der Waals surface area contributed by atoms with Crippen LogP contribution in [0.5, 0.6) is 0 Å². The van der Waals surface area contributed by atoms with Crippen molar-refractivity contribution in [2.45, 2.75) is 26.3 Å². The van der Waals surface area contributed by atoms with E-state index in [2.05, 4.69) is 22.5 Å². The zero-order valence-electron chi connectivity index (χ0n) is 11.3. The van der Waals surface area contributed by atoms with Gasteiger partial charge in [0, 0.05) is 11.1 Å². The summed E-state index contributed by atoms with van der Waals surface area (Å²) in [5, 5.41) is 5.96. The van der Waals surface area contributed by atoms with E-state index in [0.29, 0.717) is 10.7 Å². The number of nitrogens with two attached hydrogens (primary N) is 1. The SMILES string of the molecule is CC(C)(C)NC(=O)Nc1cc(C#CCN)ccc1Cl. The summed E-state index contributed by atoms with van der Waals surface area (Å²) >= 11 is 6.03. The highest BCUT2D eigenvalue weighted by molar-refractivity contribution is 6.33. The summed E-state index contributed by atoms with van der Waals surface area (Å²) in [6, 6.07) is 4.87. The lowest BCUT2D eigenvalue weighted by Gasteiger charge is -2.21. The predicted molar refractivity (Wildman–Crippen MR) is 79.3 cm³/mol. The monoisotopic (exact) mass is 279 g/mol. The van der Waals surface area contributed by atoms with Gasteiger partial charge in [-0.25, -0.2) is 4.79 Å². The number of rotatable bonds is 1. The smallest absolute Gasteiger partial charge is 0.319 e. The highest BCUT2D eigenvalue weighted by Crippen LogP contribution is 2.22. The maximum atomic E-state index is 11.8. The van der Waals surface area contributed by atoms with Crippen molar-refractivity contribution < 1.29 is 4.79 Å². The van der Waals surface area contributed by atoms with E-state index in [-0.39, 0.29) is 18.1 Å². The number of nitrogens with one attached hydrogen (secondary N) is 2. The Labute approximate surface area is 118 Å². The summed E-state index contributed by atoms with van der Waals surface area (Å²) < 4.78 is 0. The van der Waals surface area contributed by atoms with Gasteiger partial charge in [-0.2, -0.15) is 0 Å². The first-order valence-corrected chi connectivity index (χ1v) is 6.27. The number of halogens is 1. The molecule has 4 N–H and O–H groups in total. The Hall–Kier alpha value is -1.70. The van der Waals surface area contributed by atoms with Crippen LogP contribution in [-0.4, -0.2) is 18.1 Å². The van der Waals surface area contributed by atoms with Crippen LogP contribution in [0.3, 0.4) is 0 Å². The molecule has 0 fully saturated rings. The maximum Gasteiger partial charge on any atom is 0.319 e. The van der Waals surface area contributed by atoms with Gasteiger partial charge in [0.05, 0.1) is 17.3 Å². The van der Waals surface area contributed by atoms with Crippen molar-refractivity contribution in [3.05, 3.63) is 28.8 Å². The third-order valence-electron chi connectivity index (χ3n) is 2.04. The third-order valence-corrected chi connectivity index (χ3v) is 2.37. The van der Waals surface area contributed by atoms with Gasteiger partial charge in [0.25, 0.3) is 0 Å². The molecule has 0 bridgehead atoms. The van der Waals surface area contributed by atoms with Crippen LogP contribution in [0.2, 0.25) is 5.02 Å². The van der Waals surface area contributed by atoms with E-state index >= 15 is 0 Å². The van der Waals surface area contributed by atoms with Crippen LogP contribution in [-0.2, 0) is 0 Å². The fourth-order valence-electron chi connectivity index (χ4n) is 1.35. The molecule has 1 aromatic carbocycles. The number of amides is 2. The van der Waals surface area contributed by atoms with E-state index < -0.39 is 0 Å². The standard InChI is InChI=1S/C14H18ClN3O/c1-14(2,3)18-13(19)17-12-9-10(5-4-8-16)6-7-11(12)15/h6-7,9H,8,16H2,1-3H3,(H2,17,18,19). The third kappa shape index (κ3) is 5.64. The molecular formula is C14H18ClN3O. The number of hydrogen-bond donors (Lipinski definition) is 3. The van der Waals surface area contributed by atoms with E-state index in [4.69, 9.17) is 17.3 Å². The van der Waals surface area contributed by atoms with Gasteiger partial charge in [0.1, 0.15) is 0 Å². The van der Waals surface area contributed by atoms with Crippen molar-refractivity contribution >= 4 is 23.3 Å². The molecule has 0 spiro atoms. The quantitative estimate of drug-likeness (QED) is 0.692. The molecular weight excluding hydrogens is 262 g/mol. The van der Waals surface area contributed by atoms with Crippen molar-refractivity contribution in [3.63, 3.8) is 0 Å². The van der Waals surface area contributed by atoms with Crippen LogP contribution in [0.4, 0.5) is 10.5 Å². The molecule has 0 unspecified atom stereocenters. The second-order valence-electron chi connectivity index (χ2n) is 5.03. The van der Waals surface area contributed by atoms with Crippen LogP contribution in [0.1, 0.15) is 26.3 Å². The molecule has 0 aliphatic heterocycles. The van der Waals surface area contributed by atoms with Crippen molar-refractivity contribution in [2.75, 3.05) is 11.9 Å². The van der Waals surface area contributed by atoms with E-state index in [9.17, 15) is 4.79 Å². The van der Waals surface area contributed by atoms with Crippen molar-refractivity contribution in [3.8, 4) is 11.8 Å². The number of anilines is 1. The zero-order valence-corrected chi connectivity index (χ0v) is 12.1. The van der Waals surface area contributed by atoms with Gasteiger partial charge in [0.15, 0.2) is 0 Å². The largest absolute Gasteiger partial charge is 0.333 e. The number of carbonyl (C=O) groups excluding carboxylic acids is 1. The Kier molecular flexibility index (Phi) is 5.22. The molecule has 0 radical (unpaired) electrons. The molecule has 0 saturated carbocycles. The fourth-order valence-corrected chi connectivity index (χ4v) is 1.51. The van der Waals surface area contributed by atoms with Crippen LogP contribution in [0, 0.1) is 11.8 Å². The Balaban J connectivity index is 2.85. The van der Waals surface area contributed by atoms with Gasteiger partial charge in [0.2, 0.25) is 0 Å². The van der Waals surface area contributed by atoms with Crippen LogP contribution < -0.4 is 16.4 Å². The summed E-state index contributed by atoms with van der Waals surface area (Å²) in [4.78, 5) is 11.8. The maximum absolute atomic E-state index is 11.8. The summed E-state index contributed by atoms with van der Waals surface area (Å²) in [6.07, 6.45) is 0.